The lowest BCUT2D eigenvalue weighted by Crippen LogP contribution is -2.18. The average Bonchev–Trinajstić information content (AvgIpc) is 3.46. The number of imidazole rings is 2. The minimum atomic E-state index is -4.53. The lowest BCUT2D eigenvalue weighted by atomic mass is 10.2. The molecule has 0 saturated carbocycles. The van der Waals surface area contributed by atoms with Gasteiger partial charge in [-0.05, 0) is 40.2 Å². The Balaban J connectivity index is 1.58. The lowest BCUT2D eigenvalue weighted by molar-refractivity contribution is -0.389. The van der Waals surface area contributed by atoms with E-state index in [9.17, 15) is 28.1 Å². The second-order valence-corrected chi connectivity index (χ2v) is 7.20. The number of hydrogen-bond donors (Lipinski definition) is 1. The fourth-order valence-electron chi connectivity index (χ4n) is 3.34. The number of halogens is 3. The van der Waals surface area contributed by atoms with Gasteiger partial charge >= 0.3 is 12.0 Å². The Hall–Kier alpha value is -4.16. The minimum Gasteiger partial charge on any atom is -0.467 e. The van der Waals surface area contributed by atoms with Crippen molar-refractivity contribution >= 4 is 28.7 Å². The fourth-order valence-corrected chi connectivity index (χ4v) is 3.34. The molecule has 1 amide bonds. The molecular formula is C20H17F3N6O4. The molecule has 0 aliphatic rings. The van der Waals surface area contributed by atoms with Crippen LogP contribution in [0.3, 0.4) is 0 Å². The third-order valence-electron chi connectivity index (χ3n) is 4.95. The van der Waals surface area contributed by atoms with Crippen molar-refractivity contribution in [2.45, 2.75) is 32.6 Å². The van der Waals surface area contributed by atoms with Crippen LogP contribution in [0.2, 0.25) is 0 Å². The molecule has 3 aromatic heterocycles. The number of nitrogens with one attached hydrogen (secondary N) is 1. The Bertz CT molecular complexity index is 1320. The van der Waals surface area contributed by atoms with Gasteiger partial charge in [0.2, 0.25) is 17.7 Å². The quantitative estimate of drug-likeness (QED) is 0.326. The van der Waals surface area contributed by atoms with Crippen LogP contribution in [-0.2, 0) is 24.1 Å². The van der Waals surface area contributed by atoms with Crippen LogP contribution < -0.4 is 5.32 Å². The molecule has 0 bridgehead atoms. The highest BCUT2D eigenvalue weighted by atomic mass is 19.4. The summed E-state index contributed by atoms with van der Waals surface area (Å²) in [4.78, 5) is 30.8. The third-order valence-corrected chi connectivity index (χ3v) is 4.95. The molecule has 0 unspecified atom stereocenters. The zero-order valence-electron chi connectivity index (χ0n) is 17.2. The molecule has 1 aromatic carbocycles. The summed E-state index contributed by atoms with van der Waals surface area (Å²) in [5.74, 6) is 0.149. The van der Waals surface area contributed by atoms with E-state index in [0.29, 0.717) is 17.1 Å². The number of furan rings is 1. The van der Waals surface area contributed by atoms with E-state index in [1.54, 1.807) is 23.6 Å². The van der Waals surface area contributed by atoms with Crippen molar-refractivity contribution < 1.29 is 27.3 Å². The molecule has 3 heterocycles. The van der Waals surface area contributed by atoms with E-state index in [2.05, 4.69) is 15.3 Å². The van der Waals surface area contributed by atoms with Gasteiger partial charge in [-0.2, -0.15) is 13.2 Å². The highest BCUT2D eigenvalue weighted by molar-refractivity contribution is 5.91. The van der Waals surface area contributed by atoms with E-state index in [-0.39, 0.29) is 36.8 Å². The molecular weight excluding hydrogens is 445 g/mol. The van der Waals surface area contributed by atoms with E-state index in [1.165, 1.54) is 23.1 Å². The summed E-state index contributed by atoms with van der Waals surface area (Å²) in [7, 11) is 0. The number of benzene rings is 1. The number of anilines is 1. The topological polar surface area (TPSA) is 121 Å². The number of nitrogens with zero attached hydrogens (tertiary/aromatic N) is 5. The van der Waals surface area contributed by atoms with E-state index < -0.39 is 22.6 Å². The van der Waals surface area contributed by atoms with E-state index in [1.807, 2.05) is 0 Å². The number of aromatic nitrogens is 4. The molecule has 0 aliphatic carbocycles. The molecule has 0 atom stereocenters. The summed E-state index contributed by atoms with van der Waals surface area (Å²) in [5.41, 5.74) is -0.406. The molecule has 0 aliphatic heterocycles. The number of hydrogen-bond acceptors (Lipinski definition) is 6. The predicted octanol–water partition coefficient (Wildman–Crippen LogP) is 4.14. The van der Waals surface area contributed by atoms with E-state index in [0.717, 1.165) is 12.1 Å². The summed E-state index contributed by atoms with van der Waals surface area (Å²) in [6.07, 6.45) is -1.91. The lowest BCUT2D eigenvalue weighted by Gasteiger charge is -2.10. The zero-order chi connectivity index (χ0) is 23.8. The molecule has 4 aromatic rings. The molecule has 13 heteroatoms. The Labute approximate surface area is 183 Å². The monoisotopic (exact) mass is 462 g/mol. The third kappa shape index (κ3) is 4.71. The first-order valence-electron chi connectivity index (χ1n) is 9.69. The second-order valence-electron chi connectivity index (χ2n) is 7.20. The molecule has 0 radical (unpaired) electrons. The summed E-state index contributed by atoms with van der Waals surface area (Å²) in [5, 5.41) is 13.5. The van der Waals surface area contributed by atoms with Gasteiger partial charge in [0, 0.05) is 19.9 Å². The number of fused-ring (bicyclic) bond motifs is 1. The molecule has 172 valence electrons. The van der Waals surface area contributed by atoms with Crippen molar-refractivity contribution in [3.8, 4) is 0 Å². The Kier molecular flexibility index (Phi) is 5.62. The molecule has 0 spiro atoms. The second kappa shape index (κ2) is 8.41. The Morgan fingerprint density at radius 2 is 2.06 bits per heavy atom. The van der Waals surface area contributed by atoms with Gasteiger partial charge in [-0.3, -0.25) is 10.1 Å². The molecule has 0 saturated heterocycles. The van der Waals surface area contributed by atoms with Crippen LogP contribution in [0.15, 0.2) is 47.2 Å². The number of nitro groups is 1. The number of alkyl halides is 3. The Morgan fingerprint density at radius 1 is 1.27 bits per heavy atom. The molecule has 10 nitrogen and oxygen atoms in total. The van der Waals surface area contributed by atoms with Crippen LogP contribution in [0, 0.1) is 17.0 Å². The van der Waals surface area contributed by atoms with Gasteiger partial charge in [-0.1, -0.05) is 0 Å². The smallest absolute Gasteiger partial charge is 0.416 e. The highest BCUT2D eigenvalue weighted by Gasteiger charge is 2.31. The van der Waals surface area contributed by atoms with Crippen molar-refractivity contribution in [3.05, 3.63) is 70.1 Å². The summed E-state index contributed by atoms with van der Waals surface area (Å²) >= 11 is 0. The average molecular weight is 462 g/mol. The number of amides is 1. The minimum absolute atomic E-state index is 0.0547. The van der Waals surface area contributed by atoms with Crippen LogP contribution in [0.25, 0.3) is 11.0 Å². The van der Waals surface area contributed by atoms with Gasteiger partial charge in [0.1, 0.15) is 12.0 Å². The summed E-state index contributed by atoms with van der Waals surface area (Å²) in [6.45, 7) is 1.83. The predicted molar refractivity (Wildman–Crippen MR) is 109 cm³/mol. The van der Waals surface area contributed by atoms with Crippen molar-refractivity contribution in [3.63, 3.8) is 0 Å². The number of rotatable bonds is 7. The van der Waals surface area contributed by atoms with Crippen LogP contribution >= 0.6 is 0 Å². The fraction of sp³-hybridized carbons (Fsp3) is 0.250. The van der Waals surface area contributed by atoms with Gasteiger partial charge in [0.05, 0.1) is 29.4 Å². The van der Waals surface area contributed by atoms with Crippen LogP contribution in [0.4, 0.5) is 24.9 Å². The zero-order valence-corrected chi connectivity index (χ0v) is 17.2. The van der Waals surface area contributed by atoms with Crippen LogP contribution in [-0.4, -0.2) is 29.9 Å². The first-order valence-corrected chi connectivity index (χ1v) is 9.69. The van der Waals surface area contributed by atoms with Crippen LogP contribution in [0.5, 0.6) is 0 Å². The molecule has 4 rings (SSSR count). The van der Waals surface area contributed by atoms with Gasteiger partial charge < -0.3 is 23.7 Å². The van der Waals surface area contributed by atoms with Crippen molar-refractivity contribution in [2.24, 2.45) is 0 Å². The first kappa shape index (κ1) is 22.0. The SMILES string of the molecule is Cc1nc([N+](=O)[O-])cn1CCC(=O)Nc1nc2cc(C(F)(F)F)ccc2n1Cc1ccco1. The molecule has 0 fully saturated rings. The highest BCUT2D eigenvalue weighted by Crippen LogP contribution is 2.32. The van der Waals surface area contributed by atoms with E-state index in [4.69, 9.17) is 4.42 Å². The van der Waals surface area contributed by atoms with Gasteiger partial charge in [0.15, 0.2) is 0 Å². The van der Waals surface area contributed by atoms with Crippen molar-refractivity contribution in [1.82, 2.24) is 19.1 Å². The van der Waals surface area contributed by atoms with E-state index >= 15 is 0 Å². The standard InChI is InChI=1S/C20H17F3N6O4/c1-12-24-17(29(31)32)11-27(12)7-6-18(30)26-19-25-15-9-13(20(21,22)23)4-5-16(15)28(19)10-14-3-2-8-33-14/h2-5,8-9,11H,6-7,10H2,1H3,(H,25,26,30). The van der Waals surface area contributed by atoms with Crippen molar-refractivity contribution in [2.75, 3.05) is 5.32 Å². The first-order chi connectivity index (χ1) is 15.6. The molecule has 1 N–H and O–H groups in total. The number of carbonyl (C=O) groups excluding carboxylic acids is 1. The maximum absolute atomic E-state index is 13.1. The number of aryl methyl sites for hydroxylation is 2. The molecule has 33 heavy (non-hydrogen) atoms. The summed E-state index contributed by atoms with van der Waals surface area (Å²) in [6, 6.07) is 6.51. The largest absolute Gasteiger partial charge is 0.467 e. The van der Waals surface area contributed by atoms with Gasteiger partial charge in [-0.25, -0.2) is 4.98 Å². The van der Waals surface area contributed by atoms with Crippen molar-refractivity contribution in [1.29, 1.82) is 0 Å². The maximum atomic E-state index is 13.1. The van der Waals surface area contributed by atoms with Gasteiger partial charge in [-0.15, -0.1) is 0 Å². The summed E-state index contributed by atoms with van der Waals surface area (Å²) < 4.78 is 47.7. The number of carbonyl (C=O) groups is 1. The van der Waals surface area contributed by atoms with Crippen LogP contribution in [0.1, 0.15) is 23.6 Å². The maximum Gasteiger partial charge on any atom is 0.416 e. The van der Waals surface area contributed by atoms with Gasteiger partial charge in [0.25, 0.3) is 0 Å². The Morgan fingerprint density at radius 3 is 2.70 bits per heavy atom. The normalized spacial score (nSPS) is 11.8.